The molecule has 0 radical (unpaired) electrons. The Hall–Kier alpha value is -2.33. The fourth-order valence-electron chi connectivity index (χ4n) is 2.65. The largest absolute Gasteiger partial charge is 0.350 e. The lowest BCUT2D eigenvalue weighted by Gasteiger charge is -2.25. The number of nitrogens with one attached hydrogen (secondary N) is 1. The second kappa shape index (κ2) is 7.97. The van der Waals surface area contributed by atoms with E-state index in [1.54, 1.807) is 17.0 Å². The van der Waals surface area contributed by atoms with Gasteiger partial charge in [0, 0.05) is 25.6 Å². The van der Waals surface area contributed by atoms with Gasteiger partial charge in [0.1, 0.15) is 0 Å². The lowest BCUT2D eigenvalue weighted by atomic mass is 10.1. The summed E-state index contributed by atoms with van der Waals surface area (Å²) in [5, 5.41) is 3.37. The molecule has 126 valence electrons. The van der Waals surface area contributed by atoms with Crippen LogP contribution in [-0.2, 0) is 4.79 Å². The second-order valence-corrected chi connectivity index (χ2v) is 6.11. The summed E-state index contributed by atoms with van der Waals surface area (Å²) in [6.45, 7) is 6.08. The Morgan fingerprint density at radius 3 is 2.38 bits per heavy atom. The molecule has 2 rings (SSSR count). The Kier molecular flexibility index (Phi) is 5.99. The Morgan fingerprint density at radius 2 is 1.79 bits per heavy atom. The summed E-state index contributed by atoms with van der Waals surface area (Å²) in [4.78, 5) is 25.7. The van der Waals surface area contributed by atoms with E-state index in [0.717, 1.165) is 11.1 Å². The fourth-order valence-corrected chi connectivity index (χ4v) is 3.07. The fraction of sp³-hybridized carbons (Fsp3) is 0.263. The molecule has 0 heterocycles. The maximum Gasteiger partial charge on any atom is 0.251 e. The number of carbonyl (C=O) groups excluding carboxylic acids is 2. The van der Waals surface area contributed by atoms with Gasteiger partial charge in [0.2, 0.25) is 5.91 Å². The summed E-state index contributed by atoms with van der Waals surface area (Å²) in [6.07, 6.45) is 0. The van der Waals surface area contributed by atoms with Crippen LogP contribution in [0.2, 0.25) is 5.02 Å². The van der Waals surface area contributed by atoms with Crippen LogP contribution < -0.4 is 10.2 Å². The molecule has 0 unspecified atom stereocenters. The first-order valence-corrected chi connectivity index (χ1v) is 8.16. The van der Waals surface area contributed by atoms with Crippen molar-refractivity contribution in [3.8, 4) is 0 Å². The standard InChI is InChI=1S/C19H21ClN2O2/c1-13-11-14(2)18(17(20)12-13)22(15(3)23)10-9-21-19(24)16-7-5-4-6-8-16/h4-8,11-12H,9-10H2,1-3H3,(H,21,24). The molecule has 0 aliphatic carbocycles. The zero-order chi connectivity index (χ0) is 17.7. The summed E-state index contributed by atoms with van der Waals surface area (Å²) in [5.74, 6) is -0.274. The van der Waals surface area contributed by atoms with Crippen LogP contribution in [0.4, 0.5) is 5.69 Å². The van der Waals surface area contributed by atoms with Gasteiger partial charge < -0.3 is 10.2 Å². The van der Waals surface area contributed by atoms with E-state index in [0.29, 0.717) is 29.4 Å². The Labute approximate surface area is 147 Å². The molecule has 0 atom stereocenters. The number of rotatable bonds is 5. The van der Waals surface area contributed by atoms with E-state index in [-0.39, 0.29) is 11.8 Å². The SMILES string of the molecule is CC(=O)N(CCNC(=O)c1ccccc1)c1c(C)cc(C)cc1Cl. The predicted molar refractivity (Wildman–Crippen MR) is 97.7 cm³/mol. The van der Waals surface area contributed by atoms with E-state index >= 15 is 0 Å². The molecule has 2 aromatic rings. The smallest absolute Gasteiger partial charge is 0.251 e. The van der Waals surface area contributed by atoms with Crippen LogP contribution in [-0.4, -0.2) is 24.9 Å². The minimum Gasteiger partial charge on any atom is -0.350 e. The molecule has 5 heteroatoms. The third-order valence-electron chi connectivity index (χ3n) is 3.71. The zero-order valence-electron chi connectivity index (χ0n) is 14.1. The molecule has 24 heavy (non-hydrogen) atoms. The average molecular weight is 345 g/mol. The van der Waals surface area contributed by atoms with Gasteiger partial charge in [-0.15, -0.1) is 0 Å². The highest BCUT2D eigenvalue weighted by Crippen LogP contribution is 2.31. The Balaban J connectivity index is 2.08. The van der Waals surface area contributed by atoms with Crippen molar-refractivity contribution >= 4 is 29.1 Å². The normalized spacial score (nSPS) is 10.3. The molecule has 0 aliphatic heterocycles. The lowest BCUT2D eigenvalue weighted by molar-refractivity contribution is -0.116. The molecule has 0 saturated carbocycles. The highest BCUT2D eigenvalue weighted by molar-refractivity contribution is 6.34. The van der Waals surface area contributed by atoms with Crippen molar-refractivity contribution < 1.29 is 9.59 Å². The van der Waals surface area contributed by atoms with Crippen molar-refractivity contribution in [2.75, 3.05) is 18.0 Å². The van der Waals surface area contributed by atoms with Crippen LogP contribution in [0, 0.1) is 13.8 Å². The van der Waals surface area contributed by atoms with E-state index in [1.165, 1.54) is 6.92 Å². The van der Waals surface area contributed by atoms with Gasteiger partial charge in [-0.05, 0) is 43.2 Å². The Bertz CT molecular complexity index is 721. The van der Waals surface area contributed by atoms with Gasteiger partial charge in [0.25, 0.3) is 5.91 Å². The molecule has 1 N–H and O–H groups in total. The molecular formula is C19H21ClN2O2. The highest BCUT2D eigenvalue weighted by atomic mass is 35.5. The van der Waals surface area contributed by atoms with Crippen LogP contribution >= 0.6 is 11.6 Å². The van der Waals surface area contributed by atoms with Crippen LogP contribution in [0.25, 0.3) is 0 Å². The van der Waals surface area contributed by atoms with Crippen molar-refractivity contribution in [1.29, 1.82) is 0 Å². The van der Waals surface area contributed by atoms with E-state index in [1.807, 2.05) is 44.2 Å². The van der Waals surface area contributed by atoms with E-state index in [4.69, 9.17) is 11.6 Å². The molecule has 0 aromatic heterocycles. The summed E-state index contributed by atoms with van der Waals surface area (Å²) in [6, 6.07) is 12.8. The van der Waals surface area contributed by atoms with Crippen LogP contribution in [0.1, 0.15) is 28.4 Å². The van der Waals surface area contributed by atoms with E-state index in [9.17, 15) is 9.59 Å². The number of nitrogens with zero attached hydrogens (tertiary/aromatic N) is 1. The number of benzene rings is 2. The Morgan fingerprint density at radius 1 is 1.12 bits per heavy atom. The number of amides is 2. The molecule has 0 fully saturated rings. The van der Waals surface area contributed by atoms with Gasteiger partial charge >= 0.3 is 0 Å². The summed E-state index contributed by atoms with van der Waals surface area (Å²) >= 11 is 6.33. The number of hydrogen-bond donors (Lipinski definition) is 1. The quantitative estimate of drug-likeness (QED) is 0.898. The summed E-state index contributed by atoms with van der Waals surface area (Å²) in [7, 11) is 0. The van der Waals surface area contributed by atoms with Gasteiger partial charge in [0.15, 0.2) is 0 Å². The van der Waals surface area contributed by atoms with Gasteiger partial charge in [-0.3, -0.25) is 9.59 Å². The molecule has 0 spiro atoms. The van der Waals surface area contributed by atoms with Gasteiger partial charge in [-0.25, -0.2) is 0 Å². The third-order valence-corrected chi connectivity index (χ3v) is 3.99. The molecule has 0 bridgehead atoms. The number of halogens is 1. The van der Waals surface area contributed by atoms with E-state index in [2.05, 4.69) is 5.32 Å². The zero-order valence-corrected chi connectivity index (χ0v) is 14.9. The van der Waals surface area contributed by atoms with Gasteiger partial charge in [0.05, 0.1) is 10.7 Å². The van der Waals surface area contributed by atoms with Crippen LogP contribution in [0.3, 0.4) is 0 Å². The summed E-state index contributed by atoms with van der Waals surface area (Å²) < 4.78 is 0. The maximum absolute atomic E-state index is 12.1. The first-order chi connectivity index (χ1) is 11.4. The number of carbonyl (C=O) groups is 2. The number of aryl methyl sites for hydroxylation is 2. The minimum absolute atomic E-state index is 0.113. The van der Waals surface area contributed by atoms with Crippen molar-refractivity contribution in [1.82, 2.24) is 5.32 Å². The van der Waals surface area contributed by atoms with Gasteiger partial charge in [-0.1, -0.05) is 35.9 Å². The molecule has 0 saturated heterocycles. The van der Waals surface area contributed by atoms with Crippen molar-refractivity contribution in [3.05, 3.63) is 64.2 Å². The van der Waals surface area contributed by atoms with Gasteiger partial charge in [-0.2, -0.15) is 0 Å². The second-order valence-electron chi connectivity index (χ2n) is 5.70. The number of hydrogen-bond acceptors (Lipinski definition) is 2. The first-order valence-electron chi connectivity index (χ1n) is 7.78. The lowest BCUT2D eigenvalue weighted by Crippen LogP contribution is -2.38. The van der Waals surface area contributed by atoms with Crippen molar-refractivity contribution in [2.24, 2.45) is 0 Å². The molecule has 0 aliphatic rings. The van der Waals surface area contributed by atoms with Crippen LogP contribution in [0.5, 0.6) is 0 Å². The average Bonchev–Trinajstić information content (AvgIpc) is 2.53. The van der Waals surface area contributed by atoms with Crippen molar-refractivity contribution in [3.63, 3.8) is 0 Å². The molecule has 4 nitrogen and oxygen atoms in total. The van der Waals surface area contributed by atoms with Crippen LogP contribution in [0.15, 0.2) is 42.5 Å². The molecular weight excluding hydrogens is 324 g/mol. The molecule has 2 amide bonds. The van der Waals surface area contributed by atoms with Crippen molar-refractivity contribution in [2.45, 2.75) is 20.8 Å². The predicted octanol–water partition coefficient (Wildman–Crippen LogP) is 3.74. The monoisotopic (exact) mass is 344 g/mol. The first kappa shape index (κ1) is 18.0. The van der Waals surface area contributed by atoms with E-state index < -0.39 is 0 Å². The highest BCUT2D eigenvalue weighted by Gasteiger charge is 2.17. The third kappa shape index (κ3) is 4.36. The topological polar surface area (TPSA) is 49.4 Å². The summed E-state index contributed by atoms with van der Waals surface area (Å²) in [5.41, 5.74) is 3.27. The maximum atomic E-state index is 12.1. The number of anilines is 1. The molecule has 2 aromatic carbocycles. The minimum atomic E-state index is -0.161.